The van der Waals surface area contributed by atoms with E-state index in [1.807, 2.05) is 0 Å². The summed E-state index contributed by atoms with van der Waals surface area (Å²) in [5.41, 5.74) is 0.645. The van der Waals surface area contributed by atoms with Gasteiger partial charge in [-0.2, -0.15) is 0 Å². The molecule has 1 aliphatic carbocycles. The van der Waals surface area contributed by atoms with Gasteiger partial charge in [0.05, 0.1) is 0 Å². The van der Waals surface area contributed by atoms with Gasteiger partial charge in [0.2, 0.25) is 0 Å². The van der Waals surface area contributed by atoms with Gasteiger partial charge in [-0.1, -0.05) is 26.7 Å². The number of unbranched alkanes of at least 4 members (excludes halogenated alkanes) is 1. The highest BCUT2D eigenvalue weighted by Crippen LogP contribution is 2.44. The summed E-state index contributed by atoms with van der Waals surface area (Å²) in [5.74, 6) is 0. The van der Waals surface area contributed by atoms with Crippen molar-refractivity contribution in [2.75, 3.05) is 13.6 Å². The van der Waals surface area contributed by atoms with Crippen molar-refractivity contribution in [1.29, 1.82) is 0 Å². The summed E-state index contributed by atoms with van der Waals surface area (Å²) in [7, 11) is 2.30. The third-order valence-corrected chi connectivity index (χ3v) is 3.19. The maximum atomic E-state index is 2.59. The molecule has 0 atom stereocenters. The zero-order chi connectivity index (χ0) is 9.03. The fourth-order valence-corrected chi connectivity index (χ4v) is 2.05. The molecule has 1 saturated carbocycles. The minimum atomic E-state index is 0.645. The average molecular weight is 169 g/mol. The summed E-state index contributed by atoms with van der Waals surface area (Å²) >= 11 is 0. The molecule has 0 radical (unpaired) electrons. The minimum Gasteiger partial charge on any atom is -0.301 e. The zero-order valence-electron chi connectivity index (χ0n) is 8.90. The van der Waals surface area contributed by atoms with Gasteiger partial charge in [-0.05, 0) is 39.3 Å². The lowest BCUT2D eigenvalue weighted by molar-refractivity contribution is 0.206. The first-order chi connectivity index (χ1) is 5.75. The average Bonchev–Trinajstić information content (AvgIpc) is 2.82. The van der Waals surface area contributed by atoms with E-state index in [1.165, 1.54) is 45.1 Å². The van der Waals surface area contributed by atoms with Gasteiger partial charge in [0.15, 0.2) is 0 Å². The van der Waals surface area contributed by atoms with Gasteiger partial charge in [0, 0.05) is 5.54 Å². The summed E-state index contributed by atoms with van der Waals surface area (Å²) in [6.07, 6.45) is 8.38. The third kappa shape index (κ3) is 2.22. The number of hydrogen-bond acceptors (Lipinski definition) is 1. The molecule has 0 aliphatic heterocycles. The Hall–Kier alpha value is -0.0400. The molecule has 1 rings (SSSR count). The summed E-state index contributed by atoms with van der Waals surface area (Å²) in [6.45, 7) is 5.84. The highest BCUT2D eigenvalue weighted by Gasteiger charge is 2.44. The maximum Gasteiger partial charge on any atom is 0.0207 e. The van der Waals surface area contributed by atoms with E-state index in [-0.39, 0.29) is 0 Å². The van der Waals surface area contributed by atoms with Crippen LogP contribution < -0.4 is 0 Å². The van der Waals surface area contributed by atoms with E-state index in [9.17, 15) is 0 Å². The second-order valence-corrected chi connectivity index (χ2v) is 4.25. The van der Waals surface area contributed by atoms with Crippen LogP contribution in [0.5, 0.6) is 0 Å². The lowest BCUT2D eigenvalue weighted by Gasteiger charge is -2.27. The molecular formula is C11H23N. The van der Waals surface area contributed by atoms with Crippen LogP contribution in [0.4, 0.5) is 0 Å². The zero-order valence-corrected chi connectivity index (χ0v) is 8.90. The van der Waals surface area contributed by atoms with Crippen molar-refractivity contribution >= 4 is 0 Å². The molecule has 1 nitrogen and oxygen atoms in total. The monoisotopic (exact) mass is 169 g/mol. The summed E-state index contributed by atoms with van der Waals surface area (Å²) in [4.78, 5) is 2.59. The van der Waals surface area contributed by atoms with E-state index in [4.69, 9.17) is 0 Å². The maximum absolute atomic E-state index is 2.59. The van der Waals surface area contributed by atoms with E-state index in [0.29, 0.717) is 5.54 Å². The second-order valence-electron chi connectivity index (χ2n) is 4.25. The molecule has 0 spiro atoms. The standard InChI is InChI=1S/C11H23N/c1-4-6-7-11(8-9-11)12(3)10-5-2/h4-10H2,1-3H3. The van der Waals surface area contributed by atoms with Crippen LogP contribution in [0.3, 0.4) is 0 Å². The number of nitrogens with zero attached hydrogens (tertiary/aromatic N) is 1. The molecule has 12 heavy (non-hydrogen) atoms. The van der Waals surface area contributed by atoms with E-state index in [0.717, 1.165) is 0 Å². The summed E-state index contributed by atoms with van der Waals surface area (Å²) < 4.78 is 0. The molecule has 0 aromatic rings. The predicted octanol–water partition coefficient (Wildman–Crippen LogP) is 3.05. The van der Waals surface area contributed by atoms with Gasteiger partial charge in [0.25, 0.3) is 0 Å². The van der Waals surface area contributed by atoms with Crippen molar-refractivity contribution in [2.45, 2.75) is 57.9 Å². The Morgan fingerprint density at radius 3 is 2.25 bits per heavy atom. The van der Waals surface area contributed by atoms with Gasteiger partial charge in [-0.15, -0.1) is 0 Å². The van der Waals surface area contributed by atoms with Crippen molar-refractivity contribution < 1.29 is 0 Å². The van der Waals surface area contributed by atoms with Crippen LogP contribution >= 0.6 is 0 Å². The molecule has 0 amide bonds. The van der Waals surface area contributed by atoms with Crippen LogP contribution in [0, 0.1) is 0 Å². The van der Waals surface area contributed by atoms with Crippen LogP contribution in [-0.2, 0) is 0 Å². The van der Waals surface area contributed by atoms with Crippen LogP contribution in [-0.4, -0.2) is 24.0 Å². The fraction of sp³-hybridized carbons (Fsp3) is 1.00. The molecule has 0 saturated heterocycles. The van der Waals surface area contributed by atoms with Gasteiger partial charge in [-0.25, -0.2) is 0 Å². The van der Waals surface area contributed by atoms with E-state index >= 15 is 0 Å². The molecule has 0 aromatic carbocycles. The second kappa shape index (κ2) is 4.27. The Bertz CT molecular complexity index is 127. The number of rotatable bonds is 6. The number of hydrogen-bond donors (Lipinski definition) is 0. The van der Waals surface area contributed by atoms with Crippen molar-refractivity contribution in [3.8, 4) is 0 Å². The van der Waals surface area contributed by atoms with E-state index in [2.05, 4.69) is 25.8 Å². The van der Waals surface area contributed by atoms with Crippen LogP contribution in [0.2, 0.25) is 0 Å². The van der Waals surface area contributed by atoms with E-state index in [1.54, 1.807) is 0 Å². The van der Waals surface area contributed by atoms with Gasteiger partial charge < -0.3 is 4.90 Å². The highest BCUT2D eigenvalue weighted by atomic mass is 15.2. The van der Waals surface area contributed by atoms with Crippen LogP contribution in [0.1, 0.15) is 52.4 Å². The lowest BCUT2D eigenvalue weighted by atomic mass is 10.1. The fourth-order valence-electron chi connectivity index (χ4n) is 2.05. The first kappa shape index (κ1) is 10.0. The van der Waals surface area contributed by atoms with Crippen LogP contribution in [0.25, 0.3) is 0 Å². The van der Waals surface area contributed by atoms with Crippen molar-refractivity contribution in [3.63, 3.8) is 0 Å². The summed E-state index contributed by atoms with van der Waals surface area (Å²) in [6, 6.07) is 0. The van der Waals surface area contributed by atoms with E-state index < -0.39 is 0 Å². The molecule has 1 fully saturated rings. The Labute approximate surface area is 77.1 Å². The Morgan fingerprint density at radius 2 is 1.83 bits per heavy atom. The lowest BCUT2D eigenvalue weighted by Crippen LogP contribution is -2.34. The highest BCUT2D eigenvalue weighted by molar-refractivity contribution is 5.02. The van der Waals surface area contributed by atoms with Gasteiger partial charge in [0.1, 0.15) is 0 Å². The molecule has 0 unspecified atom stereocenters. The molecule has 1 heteroatoms. The first-order valence-corrected chi connectivity index (χ1v) is 5.46. The first-order valence-electron chi connectivity index (χ1n) is 5.46. The molecule has 0 heterocycles. The molecule has 0 N–H and O–H groups in total. The smallest absolute Gasteiger partial charge is 0.0207 e. The van der Waals surface area contributed by atoms with Gasteiger partial charge >= 0.3 is 0 Å². The SMILES string of the molecule is CCCCC1(N(C)CCC)CC1. The normalized spacial score (nSPS) is 20.0. The Kier molecular flexibility index (Phi) is 3.57. The molecular weight excluding hydrogens is 146 g/mol. The molecule has 0 aromatic heterocycles. The minimum absolute atomic E-state index is 0.645. The molecule has 0 bridgehead atoms. The van der Waals surface area contributed by atoms with Crippen molar-refractivity contribution in [1.82, 2.24) is 4.90 Å². The third-order valence-electron chi connectivity index (χ3n) is 3.19. The molecule has 72 valence electrons. The molecule has 1 aliphatic rings. The van der Waals surface area contributed by atoms with Crippen molar-refractivity contribution in [2.24, 2.45) is 0 Å². The largest absolute Gasteiger partial charge is 0.301 e. The quantitative estimate of drug-likeness (QED) is 0.590. The summed E-state index contributed by atoms with van der Waals surface area (Å²) in [5, 5.41) is 0. The van der Waals surface area contributed by atoms with Gasteiger partial charge in [-0.3, -0.25) is 0 Å². The topological polar surface area (TPSA) is 3.24 Å². The predicted molar refractivity (Wildman–Crippen MR) is 54.4 cm³/mol. The van der Waals surface area contributed by atoms with Crippen molar-refractivity contribution in [3.05, 3.63) is 0 Å². The Balaban J connectivity index is 2.27. The Morgan fingerprint density at radius 1 is 1.17 bits per heavy atom. The van der Waals surface area contributed by atoms with Crippen LogP contribution in [0.15, 0.2) is 0 Å².